The fraction of sp³-hybridized carbons (Fsp3) is 0.562. The molecule has 2 N–H and O–H groups in total. The van der Waals surface area contributed by atoms with E-state index in [0.29, 0.717) is 5.75 Å². The first-order valence-electron chi connectivity index (χ1n) is 7.49. The second-order valence-corrected chi connectivity index (χ2v) is 5.50. The number of aliphatic hydroxyl groups excluding tert-OH is 1. The van der Waals surface area contributed by atoms with Crippen molar-refractivity contribution in [3.8, 4) is 5.75 Å². The Morgan fingerprint density at radius 2 is 1.95 bits per heavy atom. The minimum absolute atomic E-state index is 0.0236. The SMILES string of the molecule is O=C(NCC(O)COc1ccc(F)cc1)C1CCCCC1. The summed E-state index contributed by atoms with van der Waals surface area (Å²) in [6.07, 6.45) is 4.52. The van der Waals surface area contributed by atoms with Gasteiger partial charge < -0.3 is 15.2 Å². The number of hydrogen-bond acceptors (Lipinski definition) is 3. The van der Waals surface area contributed by atoms with E-state index in [1.165, 1.54) is 30.7 Å². The molecule has 1 aromatic carbocycles. The van der Waals surface area contributed by atoms with E-state index >= 15 is 0 Å². The van der Waals surface area contributed by atoms with Gasteiger partial charge in [-0.15, -0.1) is 0 Å². The molecule has 2 rings (SSSR count). The van der Waals surface area contributed by atoms with Crippen molar-refractivity contribution >= 4 is 5.91 Å². The number of halogens is 1. The Balaban J connectivity index is 1.65. The van der Waals surface area contributed by atoms with E-state index < -0.39 is 6.10 Å². The summed E-state index contributed by atoms with van der Waals surface area (Å²) in [4.78, 5) is 11.9. The first kappa shape index (κ1) is 15.8. The van der Waals surface area contributed by atoms with Gasteiger partial charge in [-0.2, -0.15) is 0 Å². The van der Waals surface area contributed by atoms with Gasteiger partial charge in [-0.05, 0) is 37.1 Å². The summed E-state index contributed by atoms with van der Waals surface area (Å²) in [5, 5.41) is 12.6. The molecule has 1 saturated carbocycles. The third-order valence-electron chi connectivity index (χ3n) is 3.74. The molecule has 0 heterocycles. The number of aliphatic hydroxyl groups is 1. The van der Waals surface area contributed by atoms with Crippen LogP contribution >= 0.6 is 0 Å². The molecule has 1 atom stereocenters. The van der Waals surface area contributed by atoms with Crippen molar-refractivity contribution < 1.29 is 19.0 Å². The molecule has 5 heteroatoms. The summed E-state index contributed by atoms with van der Waals surface area (Å²) >= 11 is 0. The van der Waals surface area contributed by atoms with Crippen molar-refractivity contribution in [3.05, 3.63) is 30.1 Å². The Morgan fingerprint density at radius 3 is 2.62 bits per heavy atom. The smallest absolute Gasteiger partial charge is 0.223 e. The number of benzene rings is 1. The van der Waals surface area contributed by atoms with E-state index in [-0.39, 0.29) is 30.8 Å². The molecule has 0 aliphatic heterocycles. The molecule has 0 saturated heterocycles. The first-order chi connectivity index (χ1) is 10.1. The monoisotopic (exact) mass is 295 g/mol. The van der Waals surface area contributed by atoms with Crippen LogP contribution in [0.15, 0.2) is 24.3 Å². The molecule has 116 valence electrons. The minimum atomic E-state index is -0.775. The van der Waals surface area contributed by atoms with E-state index in [4.69, 9.17) is 4.74 Å². The Labute approximate surface area is 124 Å². The molecule has 1 aromatic rings. The quantitative estimate of drug-likeness (QED) is 0.846. The molecular formula is C16H22FNO3. The third-order valence-corrected chi connectivity index (χ3v) is 3.74. The lowest BCUT2D eigenvalue weighted by atomic mass is 9.89. The van der Waals surface area contributed by atoms with Crippen LogP contribution in [0.3, 0.4) is 0 Å². The van der Waals surface area contributed by atoms with Crippen molar-refractivity contribution in [2.24, 2.45) is 5.92 Å². The number of ether oxygens (including phenoxy) is 1. The van der Waals surface area contributed by atoms with Crippen LogP contribution in [-0.4, -0.2) is 30.3 Å². The number of amides is 1. The van der Waals surface area contributed by atoms with Gasteiger partial charge in [0.2, 0.25) is 5.91 Å². The number of carbonyl (C=O) groups excluding carboxylic acids is 1. The molecule has 0 radical (unpaired) electrons. The fourth-order valence-electron chi connectivity index (χ4n) is 2.51. The van der Waals surface area contributed by atoms with Crippen molar-refractivity contribution in [1.29, 1.82) is 0 Å². The zero-order chi connectivity index (χ0) is 15.1. The van der Waals surface area contributed by atoms with Gasteiger partial charge in [-0.25, -0.2) is 4.39 Å². The summed E-state index contributed by atoms with van der Waals surface area (Å²) in [6.45, 7) is 0.243. The van der Waals surface area contributed by atoms with Crippen LogP contribution in [0.1, 0.15) is 32.1 Å². The lowest BCUT2D eigenvalue weighted by molar-refractivity contribution is -0.126. The molecule has 1 fully saturated rings. The predicted octanol–water partition coefficient (Wildman–Crippen LogP) is 2.26. The van der Waals surface area contributed by atoms with E-state index in [9.17, 15) is 14.3 Å². The molecule has 1 aliphatic carbocycles. The van der Waals surface area contributed by atoms with Crippen LogP contribution < -0.4 is 10.1 Å². The van der Waals surface area contributed by atoms with Crippen molar-refractivity contribution in [1.82, 2.24) is 5.32 Å². The van der Waals surface area contributed by atoms with Gasteiger partial charge >= 0.3 is 0 Å². The molecule has 1 amide bonds. The standard InChI is InChI=1S/C16H22FNO3/c17-13-6-8-15(9-7-13)21-11-14(19)10-18-16(20)12-4-2-1-3-5-12/h6-9,12,14,19H,1-5,10-11H2,(H,18,20). The van der Waals surface area contributed by atoms with Crippen LogP contribution in [0, 0.1) is 11.7 Å². The third kappa shape index (κ3) is 5.34. The summed E-state index contributed by atoms with van der Waals surface area (Å²) < 4.78 is 18.1. The Bertz CT molecular complexity index is 443. The maximum Gasteiger partial charge on any atom is 0.223 e. The molecule has 0 aromatic heterocycles. The van der Waals surface area contributed by atoms with E-state index in [1.807, 2.05) is 0 Å². The molecular weight excluding hydrogens is 273 g/mol. The highest BCUT2D eigenvalue weighted by Gasteiger charge is 2.21. The zero-order valence-electron chi connectivity index (χ0n) is 12.1. The predicted molar refractivity (Wildman–Crippen MR) is 77.5 cm³/mol. The first-order valence-corrected chi connectivity index (χ1v) is 7.49. The Morgan fingerprint density at radius 1 is 1.29 bits per heavy atom. The average Bonchev–Trinajstić information content (AvgIpc) is 2.53. The number of carbonyl (C=O) groups is 1. The fourth-order valence-corrected chi connectivity index (χ4v) is 2.51. The van der Waals surface area contributed by atoms with Gasteiger partial charge in [0.05, 0.1) is 0 Å². The molecule has 21 heavy (non-hydrogen) atoms. The molecule has 0 spiro atoms. The van der Waals surface area contributed by atoms with E-state index in [2.05, 4.69) is 5.32 Å². The number of hydrogen-bond donors (Lipinski definition) is 2. The van der Waals surface area contributed by atoms with E-state index in [1.54, 1.807) is 0 Å². The largest absolute Gasteiger partial charge is 0.491 e. The van der Waals surface area contributed by atoms with Gasteiger partial charge in [0.15, 0.2) is 0 Å². The maximum absolute atomic E-state index is 12.7. The van der Waals surface area contributed by atoms with Crippen LogP contribution in [0.4, 0.5) is 4.39 Å². The number of nitrogens with one attached hydrogen (secondary N) is 1. The van der Waals surface area contributed by atoms with Crippen LogP contribution in [0.2, 0.25) is 0 Å². The normalized spacial score (nSPS) is 17.2. The summed E-state index contributed by atoms with van der Waals surface area (Å²) in [5.41, 5.74) is 0. The second kappa shape index (κ2) is 7.98. The molecule has 1 unspecified atom stereocenters. The Hall–Kier alpha value is -1.62. The Kier molecular flexibility index (Phi) is 5.99. The van der Waals surface area contributed by atoms with Gasteiger partial charge in [0, 0.05) is 12.5 Å². The number of rotatable bonds is 6. The highest BCUT2D eigenvalue weighted by molar-refractivity contribution is 5.78. The lowest BCUT2D eigenvalue weighted by Crippen LogP contribution is -2.39. The summed E-state index contributed by atoms with van der Waals surface area (Å²) in [7, 11) is 0. The van der Waals surface area contributed by atoms with Gasteiger partial charge in [0.1, 0.15) is 24.3 Å². The molecule has 4 nitrogen and oxygen atoms in total. The zero-order valence-corrected chi connectivity index (χ0v) is 12.1. The van der Waals surface area contributed by atoms with E-state index in [0.717, 1.165) is 25.7 Å². The lowest BCUT2D eigenvalue weighted by Gasteiger charge is -2.21. The maximum atomic E-state index is 12.7. The summed E-state index contributed by atoms with van der Waals surface area (Å²) in [5.74, 6) is 0.274. The molecule has 1 aliphatic rings. The van der Waals surface area contributed by atoms with Crippen LogP contribution in [0.5, 0.6) is 5.75 Å². The van der Waals surface area contributed by atoms with Crippen molar-refractivity contribution in [2.75, 3.05) is 13.2 Å². The van der Waals surface area contributed by atoms with Gasteiger partial charge in [-0.3, -0.25) is 4.79 Å². The van der Waals surface area contributed by atoms with Crippen LogP contribution in [-0.2, 0) is 4.79 Å². The highest BCUT2D eigenvalue weighted by atomic mass is 19.1. The van der Waals surface area contributed by atoms with Crippen molar-refractivity contribution in [3.63, 3.8) is 0 Å². The van der Waals surface area contributed by atoms with Crippen LogP contribution in [0.25, 0.3) is 0 Å². The minimum Gasteiger partial charge on any atom is -0.491 e. The summed E-state index contributed by atoms with van der Waals surface area (Å²) in [6, 6.07) is 5.60. The highest BCUT2D eigenvalue weighted by Crippen LogP contribution is 2.23. The van der Waals surface area contributed by atoms with Gasteiger partial charge in [-0.1, -0.05) is 19.3 Å². The van der Waals surface area contributed by atoms with Crippen molar-refractivity contribution in [2.45, 2.75) is 38.2 Å². The average molecular weight is 295 g/mol. The topological polar surface area (TPSA) is 58.6 Å². The second-order valence-electron chi connectivity index (χ2n) is 5.50. The molecule has 0 bridgehead atoms. The van der Waals surface area contributed by atoms with Gasteiger partial charge in [0.25, 0.3) is 0 Å².